The number of anilines is 1. The maximum absolute atomic E-state index is 12.8. The molecule has 0 radical (unpaired) electrons. The molecule has 0 amide bonds. The average Bonchev–Trinajstić information content (AvgIpc) is 2.69. The highest BCUT2D eigenvalue weighted by Crippen LogP contribution is 2.27. The van der Waals surface area contributed by atoms with Gasteiger partial charge < -0.3 is 10.1 Å². The van der Waals surface area contributed by atoms with Gasteiger partial charge in [-0.15, -0.1) is 0 Å². The molecule has 138 valence electrons. The summed E-state index contributed by atoms with van der Waals surface area (Å²) in [5, 5.41) is 4.08. The van der Waals surface area contributed by atoms with Crippen LogP contribution in [-0.2, 0) is 0 Å². The normalized spacial score (nSPS) is 11.7. The van der Waals surface area contributed by atoms with Crippen LogP contribution < -0.4 is 10.1 Å². The number of Topliss-reactive ketones (excluding diaryl/α,β-unsaturated/α-hetero) is 1. The first kappa shape index (κ1) is 19.5. The Bertz CT molecular complexity index is 893. The molecule has 0 heterocycles. The number of ether oxygens (including phenoxy) is 1. The van der Waals surface area contributed by atoms with Gasteiger partial charge in [-0.05, 0) is 66.2 Å². The Labute approximate surface area is 172 Å². The van der Waals surface area contributed by atoms with Gasteiger partial charge in [0.1, 0.15) is 5.75 Å². The third-order valence-corrected chi connectivity index (χ3v) is 5.04. The lowest BCUT2D eigenvalue weighted by atomic mass is 9.97. The summed E-state index contributed by atoms with van der Waals surface area (Å²) in [6.07, 6.45) is 0.329. The minimum absolute atomic E-state index is 0.0561. The molecular weight excluding hydrogens is 426 g/mol. The number of methoxy groups -OCH3 is 1. The van der Waals surface area contributed by atoms with Crippen LogP contribution >= 0.6 is 27.5 Å². The van der Waals surface area contributed by atoms with Gasteiger partial charge in [-0.2, -0.15) is 0 Å². The highest BCUT2D eigenvalue weighted by Gasteiger charge is 2.17. The molecule has 0 aliphatic rings. The van der Waals surface area contributed by atoms with Gasteiger partial charge in [0.2, 0.25) is 0 Å². The maximum Gasteiger partial charge on any atom is 0.165 e. The van der Waals surface area contributed by atoms with Gasteiger partial charge in [0, 0.05) is 27.2 Å². The third-order valence-electron chi connectivity index (χ3n) is 4.26. The molecule has 0 aliphatic heterocycles. The standard InChI is InChI=1S/C22H19BrClNO2/c1-27-20-12-10-19(11-13-20)25-21(15-2-6-17(23)7-3-15)14-22(26)16-4-8-18(24)9-5-16/h2-13,21,25H,14H2,1H3. The molecule has 1 unspecified atom stereocenters. The van der Waals surface area contributed by atoms with Crippen LogP contribution in [0.5, 0.6) is 5.75 Å². The van der Waals surface area contributed by atoms with E-state index in [9.17, 15) is 4.79 Å². The average molecular weight is 445 g/mol. The Balaban J connectivity index is 1.83. The smallest absolute Gasteiger partial charge is 0.165 e. The zero-order valence-corrected chi connectivity index (χ0v) is 17.1. The van der Waals surface area contributed by atoms with Crippen molar-refractivity contribution < 1.29 is 9.53 Å². The summed E-state index contributed by atoms with van der Waals surface area (Å²) in [4.78, 5) is 12.8. The summed E-state index contributed by atoms with van der Waals surface area (Å²) >= 11 is 9.38. The fourth-order valence-electron chi connectivity index (χ4n) is 2.77. The van der Waals surface area contributed by atoms with Crippen molar-refractivity contribution in [2.45, 2.75) is 12.5 Å². The lowest BCUT2D eigenvalue weighted by molar-refractivity contribution is 0.0976. The molecule has 27 heavy (non-hydrogen) atoms. The van der Waals surface area contributed by atoms with Crippen molar-refractivity contribution >= 4 is 39.0 Å². The lowest BCUT2D eigenvalue weighted by Gasteiger charge is -2.20. The Hall–Kier alpha value is -2.30. The first-order valence-electron chi connectivity index (χ1n) is 8.50. The number of ketones is 1. The number of hydrogen-bond acceptors (Lipinski definition) is 3. The second-order valence-electron chi connectivity index (χ2n) is 6.11. The highest BCUT2D eigenvalue weighted by atomic mass is 79.9. The van der Waals surface area contributed by atoms with E-state index in [1.165, 1.54) is 0 Å². The van der Waals surface area contributed by atoms with Gasteiger partial charge in [0.25, 0.3) is 0 Å². The highest BCUT2D eigenvalue weighted by molar-refractivity contribution is 9.10. The van der Waals surface area contributed by atoms with Crippen molar-refractivity contribution in [3.8, 4) is 5.75 Å². The molecule has 5 heteroatoms. The van der Waals surface area contributed by atoms with Gasteiger partial charge in [0.15, 0.2) is 5.78 Å². The minimum Gasteiger partial charge on any atom is -0.497 e. The lowest BCUT2D eigenvalue weighted by Crippen LogP contribution is -2.15. The van der Waals surface area contributed by atoms with Crippen LogP contribution in [0.25, 0.3) is 0 Å². The molecule has 3 aromatic carbocycles. The van der Waals surface area contributed by atoms with Crippen molar-refractivity contribution in [1.29, 1.82) is 0 Å². The van der Waals surface area contributed by atoms with Crippen molar-refractivity contribution in [3.05, 3.63) is 93.4 Å². The largest absolute Gasteiger partial charge is 0.497 e. The third kappa shape index (κ3) is 5.34. The molecule has 0 aromatic heterocycles. The van der Waals surface area contributed by atoms with Crippen molar-refractivity contribution in [2.75, 3.05) is 12.4 Å². The number of benzene rings is 3. The summed E-state index contributed by atoms with van der Waals surface area (Å²) in [6.45, 7) is 0. The van der Waals surface area contributed by atoms with Crippen LogP contribution in [0.2, 0.25) is 5.02 Å². The number of carbonyl (C=O) groups is 1. The van der Waals surface area contributed by atoms with Crippen molar-refractivity contribution in [1.82, 2.24) is 0 Å². The zero-order valence-electron chi connectivity index (χ0n) is 14.8. The SMILES string of the molecule is COc1ccc(NC(CC(=O)c2ccc(Cl)cc2)c2ccc(Br)cc2)cc1. The summed E-state index contributed by atoms with van der Waals surface area (Å²) in [5.41, 5.74) is 2.61. The second kappa shape index (κ2) is 9.07. The monoisotopic (exact) mass is 443 g/mol. The second-order valence-corrected chi connectivity index (χ2v) is 7.46. The van der Waals surface area contributed by atoms with Crippen LogP contribution in [0.15, 0.2) is 77.3 Å². The fraction of sp³-hybridized carbons (Fsp3) is 0.136. The number of hydrogen-bond donors (Lipinski definition) is 1. The quantitative estimate of drug-likeness (QED) is 0.421. The van der Waals surface area contributed by atoms with E-state index < -0.39 is 0 Å². The van der Waals surface area contributed by atoms with E-state index in [2.05, 4.69) is 21.2 Å². The molecule has 0 spiro atoms. The molecule has 0 fully saturated rings. The van der Waals surface area contributed by atoms with E-state index in [1.807, 2.05) is 48.5 Å². The molecule has 3 rings (SSSR count). The Morgan fingerprint density at radius 2 is 1.63 bits per heavy atom. The summed E-state index contributed by atoms with van der Waals surface area (Å²) in [6, 6.07) is 22.5. The summed E-state index contributed by atoms with van der Waals surface area (Å²) in [7, 11) is 1.64. The number of nitrogens with one attached hydrogen (secondary N) is 1. The first-order valence-corrected chi connectivity index (χ1v) is 9.67. The number of halogens is 2. The van der Waals surface area contributed by atoms with Gasteiger partial charge in [-0.1, -0.05) is 39.7 Å². The van der Waals surface area contributed by atoms with Gasteiger partial charge in [0.05, 0.1) is 13.2 Å². The predicted octanol–water partition coefficient (Wildman–Crippen LogP) is 6.54. The summed E-state index contributed by atoms with van der Waals surface area (Å²) < 4.78 is 6.20. The van der Waals surface area contributed by atoms with Crippen LogP contribution in [0.3, 0.4) is 0 Å². The molecule has 0 saturated carbocycles. The molecule has 3 nitrogen and oxygen atoms in total. The molecule has 0 saturated heterocycles. The Kier molecular flexibility index (Phi) is 6.54. The minimum atomic E-state index is -0.158. The maximum atomic E-state index is 12.8. The van der Waals surface area contributed by atoms with Crippen molar-refractivity contribution in [3.63, 3.8) is 0 Å². The fourth-order valence-corrected chi connectivity index (χ4v) is 3.17. The topological polar surface area (TPSA) is 38.3 Å². The molecule has 0 aliphatic carbocycles. The molecule has 1 N–H and O–H groups in total. The van der Waals surface area contributed by atoms with E-state index in [0.29, 0.717) is 17.0 Å². The predicted molar refractivity (Wildman–Crippen MR) is 114 cm³/mol. The van der Waals surface area contributed by atoms with E-state index in [-0.39, 0.29) is 11.8 Å². The van der Waals surface area contributed by atoms with E-state index in [0.717, 1.165) is 21.5 Å². The molecule has 3 aromatic rings. The Morgan fingerprint density at radius 1 is 1.00 bits per heavy atom. The van der Waals surface area contributed by atoms with Crippen LogP contribution in [0.4, 0.5) is 5.69 Å². The number of rotatable bonds is 7. The molecular formula is C22H19BrClNO2. The van der Waals surface area contributed by atoms with Gasteiger partial charge in [-0.25, -0.2) is 0 Å². The molecule has 0 bridgehead atoms. The van der Waals surface area contributed by atoms with E-state index >= 15 is 0 Å². The Morgan fingerprint density at radius 3 is 2.22 bits per heavy atom. The molecule has 1 atom stereocenters. The summed E-state index contributed by atoms with van der Waals surface area (Å²) in [5.74, 6) is 0.846. The number of carbonyl (C=O) groups excluding carboxylic acids is 1. The van der Waals surface area contributed by atoms with Gasteiger partial charge in [-0.3, -0.25) is 4.79 Å². The van der Waals surface area contributed by atoms with Crippen LogP contribution in [0.1, 0.15) is 28.4 Å². The zero-order chi connectivity index (χ0) is 19.2. The first-order chi connectivity index (χ1) is 13.0. The van der Waals surface area contributed by atoms with Crippen LogP contribution in [0, 0.1) is 0 Å². The van der Waals surface area contributed by atoms with Gasteiger partial charge >= 0.3 is 0 Å². The van der Waals surface area contributed by atoms with E-state index in [1.54, 1.807) is 31.4 Å². The van der Waals surface area contributed by atoms with Crippen LogP contribution in [-0.4, -0.2) is 12.9 Å². The van der Waals surface area contributed by atoms with E-state index in [4.69, 9.17) is 16.3 Å². The van der Waals surface area contributed by atoms with Crippen molar-refractivity contribution in [2.24, 2.45) is 0 Å².